The highest BCUT2D eigenvalue weighted by molar-refractivity contribution is 5.95. The highest BCUT2D eigenvalue weighted by Crippen LogP contribution is 2.19. The van der Waals surface area contributed by atoms with E-state index in [1.165, 1.54) is 18.2 Å². The summed E-state index contributed by atoms with van der Waals surface area (Å²) in [5, 5.41) is 23.6. The lowest BCUT2D eigenvalue weighted by Crippen LogP contribution is -2.21. The summed E-state index contributed by atoms with van der Waals surface area (Å²) in [6, 6.07) is 9.25. The van der Waals surface area contributed by atoms with Crippen LogP contribution in [0.3, 0.4) is 0 Å². The number of aliphatic carboxylic acids is 2. The fraction of sp³-hybridized carbons (Fsp3) is 0.300. The fourth-order valence-corrected chi connectivity index (χ4v) is 2.36. The van der Waals surface area contributed by atoms with Crippen LogP contribution in [0.2, 0.25) is 0 Å². The molecule has 0 saturated heterocycles. The second-order valence-electron chi connectivity index (χ2n) is 6.42. The molecular formula is C20H21F3N2O7. The number of hydrogen-bond donors (Lipinski definition) is 4. The van der Waals surface area contributed by atoms with E-state index in [2.05, 4.69) is 0 Å². The molecular weight excluding hydrogens is 437 g/mol. The minimum absolute atomic E-state index is 0.00582. The largest absolute Gasteiger partial charge is 0.490 e. The van der Waals surface area contributed by atoms with Gasteiger partial charge < -0.3 is 25.1 Å². The van der Waals surface area contributed by atoms with Gasteiger partial charge in [-0.1, -0.05) is 13.3 Å². The van der Waals surface area contributed by atoms with Crippen molar-refractivity contribution in [3.63, 3.8) is 0 Å². The average Bonchev–Trinajstić information content (AvgIpc) is 3.16. The number of halogens is 3. The Morgan fingerprint density at radius 2 is 1.69 bits per heavy atom. The van der Waals surface area contributed by atoms with Gasteiger partial charge in [0.15, 0.2) is 0 Å². The molecule has 0 aliphatic heterocycles. The number of rotatable bonds is 8. The summed E-state index contributed by atoms with van der Waals surface area (Å²) < 4.78 is 42.3. The second-order valence-corrected chi connectivity index (χ2v) is 6.42. The number of carbonyl (C=O) groups excluding carboxylic acids is 1. The van der Waals surface area contributed by atoms with E-state index >= 15 is 0 Å². The molecule has 1 heterocycles. The zero-order chi connectivity index (χ0) is 24.5. The Morgan fingerprint density at radius 1 is 1.12 bits per heavy atom. The summed E-state index contributed by atoms with van der Waals surface area (Å²) >= 11 is 0. The number of nitrogen functional groups attached to an aromatic ring is 1. The molecule has 0 fully saturated rings. The first kappa shape index (κ1) is 26.2. The number of nitrogens with two attached hydrogens (primary N) is 1. The Labute approximate surface area is 180 Å². The first-order chi connectivity index (χ1) is 14.8. The number of carboxylic acid groups (broad SMARTS) is 2. The standard InChI is InChI=1S/C18H20N2O5.C2HF3O2/c1-2-3-12(17(21)22)10-14-8-9-15(24-14)18(23)25-13-6-4-11(5-7-13)16(19)20;3-2(4,5)1(6)7/h4-9,12H,2-3,10H2,1H3,(H3,19,20)(H,21,22);(H,6,7). The molecule has 0 aliphatic carbocycles. The molecule has 174 valence electrons. The van der Waals surface area contributed by atoms with Crippen molar-refractivity contribution in [3.8, 4) is 5.75 Å². The number of esters is 1. The molecule has 2 rings (SSSR count). The molecule has 1 atom stereocenters. The van der Waals surface area contributed by atoms with Gasteiger partial charge in [0, 0.05) is 12.0 Å². The minimum atomic E-state index is -5.08. The van der Waals surface area contributed by atoms with Crippen molar-refractivity contribution < 1.29 is 46.9 Å². The number of furan rings is 1. The van der Waals surface area contributed by atoms with Crippen molar-refractivity contribution in [2.24, 2.45) is 11.7 Å². The molecule has 0 amide bonds. The summed E-state index contributed by atoms with van der Waals surface area (Å²) in [6.07, 6.45) is -3.56. The zero-order valence-electron chi connectivity index (χ0n) is 16.8. The van der Waals surface area contributed by atoms with Gasteiger partial charge in [0.25, 0.3) is 0 Å². The summed E-state index contributed by atoms with van der Waals surface area (Å²) in [7, 11) is 0. The van der Waals surface area contributed by atoms with Crippen molar-refractivity contribution in [3.05, 3.63) is 53.5 Å². The third kappa shape index (κ3) is 8.50. The van der Waals surface area contributed by atoms with Crippen LogP contribution in [0.5, 0.6) is 5.75 Å². The highest BCUT2D eigenvalue weighted by Gasteiger charge is 2.38. The first-order valence-corrected chi connectivity index (χ1v) is 9.13. The monoisotopic (exact) mass is 458 g/mol. The smallest absolute Gasteiger partial charge is 0.481 e. The van der Waals surface area contributed by atoms with Crippen molar-refractivity contribution in [1.29, 1.82) is 5.41 Å². The minimum Gasteiger partial charge on any atom is -0.481 e. The van der Waals surface area contributed by atoms with Gasteiger partial charge in [0.2, 0.25) is 5.76 Å². The number of amidine groups is 1. The molecule has 1 aromatic heterocycles. The molecule has 12 heteroatoms. The molecule has 0 aliphatic rings. The molecule has 0 bridgehead atoms. The molecule has 0 spiro atoms. The number of nitrogens with one attached hydrogen (secondary N) is 1. The average molecular weight is 458 g/mol. The predicted octanol–water partition coefficient (Wildman–Crippen LogP) is 3.46. The summed E-state index contributed by atoms with van der Waals surface area (Å²) in [5.41, 5.74) is 5.88. The number of ether oxygens (including phenoxy) is 1. The van der Waals surface area contributed by atoms with Gasteiger partial charge in [-0.2, -0.15) is 13.2 Å². The van der Waals surface area contributed by atoms with Gasteiger partial charge >= 0.3 is 24.1 Å². The van der Waals surface area contributed by atoms with Gasteiger partial charge in [-0.25, -0.2) is 9.59 Å². The SMILES string of the molecule is CCCC(Cc1ccc(C(=O)Oc2ccc(C(=N)N)cc2)o1)C(=O)O.O=C(O)C(F)(F)F. The second kappa shape index (κ2) is 11.5. The maximum Gasteiger partial charge on any atom is 0.490 e. The lowest BCUT2D eigenvalue weighted by molar-refractivity contribution is -0.192. The van der Waals surface area contributed by atoms with Gasteiger partial charge in [-0.3, -0.25) is 10.2 Å². The maximum absolute atomic E-state index is 12.1. The van der Waals surface area contributed by atoms with Crippen LogP contribution in [0.4, 0.5) is 13.2 Å². The molecule has 0 saturated carbocycles. The van der Waals surface area contributed by atoms with E-state index < -0.39 is 30.0 Å². The summed E-state index contributed by atoms with van der Waals surface area (Å²) in [6.45, 7) is 1.91. The first-order valence-electron chi connectivity index (χ1n) is 9.13. The Morgan fingerprint density at radius 3 is 2.12 bits per heavy atom. The van der Waals surface area contributed by atoms with Gasteiger partial charge in [0.1, 0.15) is 17.3 Å². The highest BCUT2D eigenvalue weighted by atomic mass is 19.4. The van der Waals surface area contributed by atoms with Crippen LogP contribution in [0, 0.1) is 11.3 Å². The number of hydrogen-bond acceptors (Lipinski definition) is 6. The van der Waals surface area contributed by atoms with Gasteiger partial charge in [0.05, 0.1) is 5.92 Å². The summed E-state index contributed by atoms with van der Waals surface area (Å²) in [5.74, 6) is -4.20. The Bertz CT molecular complexity index is 953. The Hall–Kier alpha value is -3.83. The number of benzene rings is 1. The van der Waals surface area contributed by atoms with Crippen molar-refractivity contribution >= 4 is 23.7 Å². The normalized spacial score (nSPS) is 11.6. The van der Waals surface area contributed by atoms with E-state index in [9.17, 15) is 27.9 Å². The maximum atomic E-state index is 12.1. The van der Waals surface area contributed by atoms with Crippen LogP contribution in [0.25, 0.3) is 0 Å². The number of alkyl halides is 3. The van der Waals surface area contributed by atoms with Crippen LogP contribution >= 0.6 is 0 Å². The number of carbonyl (C=O) groups is 3. The molecule has 2 aromatic rings. The van der Waals surface area contributed by atoms with Crippen molar-refractivity contribution in [1.82, 2.24) is 0 Å². The van der Waals surface area contributed by atoms with Gasteiger partial charge in [-0.05, 0) is 42.8 Å². The molecule has 1 aromatic carbocycles. The lowest BCUT2D eigenvalue weighted by Gasteiger charge is -2.08. The lowest BCUT2D eigenvalue weighted by atomic mass is 9.99. The van der Waals surface area contributed by atoms with Crippen LogP contribution in [-0.2, 0) is 16.0 Å². The van der Waals surface area contributed by atoms with Crippen LogP contribution in [-0.4, -0.2) is 40.1 Å². The quantitative estimate of drug-likeness (QED) is 0.202. The van der Waals surface area contributed by atoms with Crippen LogP contribution in [0.15, 0.2) is 40.8 Å². The van der Waals surface area contributed by atoms with E-state index in [0.717, 1.165) is 6.42 Å². The van der Waals surface area contributed by atoms with Crippen molar-refractivity contribution in [2.45, 2.75) is 32.4 Å². The third-order valence-corrected chi connectivity index (χ3v) is 3.92. The van der Waals surface area contributed by atoms with E-state index in [0.29, 0.717) is 23.5 Å². The predicted molar refractivity (Wildman–Crippen MR) is 105 cm³/mol. The van der Waals surface area contributed by atoms with E-state index in [1.54, 1.807) is 18.2 Å². The number of carboxylic acids is 2. The Balaban J connectivity index is 0.000000633. The molecule has 9 nitrogen and oxygen atoms in total. The topological polar surface area (TPSA) is 164 Å². The summed E-state index contributed by atoms with van der Waals surface area (Å²) in [4.78, 5) is 32.2. The van der Waals surface area contributed by atoms with E-state index in [1.807, 2.05) is 6.92 Å². The van der Waals surface area contributed by atoms with Crippen LogP contribution in [0.1, 0.15) is 41.6 Å². The molecule has 32 heavy (non-hydrogen) atoms. The van der Waals surface area contributed by atoms with Crippen LogP contribution < -0.4 is 10.5 Å². The van der Waals surface area contributed by atoms with Crippen molar-refractivity contribution in [2.75, 3.05) is 0 Å². The molecule has 0 radical (unpaired) electrons. The van der Waals surface area contributed by atoms with E-state index in [4.69, 9.17) is 30.2 Å². The van der Waals surface area contributed by atoms with E-state index in [-0.39, 0.29) is 18.0 Å². The molecule has 1 unspecified atom stereocenters. The zero-order valence-corrected chi connectivity index (χ0v) is 16.8. The fourth-order valence-electron chi connectivity index (χ4n) is 2.36. The Kier molecular flexibility index (Phi) is 9.44. The molecule has 5 N–H and O–H groups in total. The van der Waals surface area contributed by atoms with Gasteiger partial charge in [-0.15, -0.1) is 0 Å². The third-order valence-electron chi connectivity index (χ3n) is 3.92.